The Labute approximate surface area is 156 Å². The van der Waals surface area contributed by atoms with Crippen LogP contribution in [0.4, 0.5) is 11.4 Å². The zero-order valence-corrected chi connectivity index (χ0v) is 15.5. The second kappa shape index (κ2) is 8.64. The van der Waals surface area contributed by atoms with Gasteiger partial charge in [-0.05, 0) is 19.1 Å². The monoisotopic (exact) mass is 387 g/mol. The number of hydrogen-bond donors (Lipinski definition) is 2. The number of halogens is 2. The number of amides is 1. The first-order valence-corrected chi connectivity index (χ1v) is 7.53. The van der Waals surface area contributed by atoms with Crippen LogP contribution in [0.5, 0.6) is 5.75 Å². The number of aromatic nitrogens is 1. The molecule has 0 aliphatic heterocycles. The summed E-state index contributed by atoms with van der Waals surface area (Å²) in [6, 6.07) is 4.44. The number of aryl methyl sites for hydroxylation is 1. The molecular weight excluding hydrogens is 369 g/mol. The van der Waals surface area contributed by atoms with E-state index in [1.165, 1.54) is 25.3 Å². The molecule has 136 valence electrons. The van der Waals surface area contributed by atoms with E-state index in [0.717, 1.165) is 0 Å². The Balaban J connectivity index is 0.00000312. The Morgan fingerprint density at radius 3 is 2.60 bits per heavy atom. The maximum atomic E-state index is 12.5. The van der Waals surface area contributed by atoms with Crippen LogP contribution in [0.15, 0.2) is 24.4 Å². The van der Waals surface area contributed by atoms with E-state index in [0.29, 0.717) is 22.8 Å². The van der Waals surface area contributed by atoms with Gasteiger partial charge in [0.15, 0.2) is 0 Å². The second-order valence-corrected chi connectivity index (χ2v) is 5.38. The smallest absolute Gasteiger partial charge is 0.355 e. The van der Waals surface area contributed by atoms with Crippen molar-refractivity contribution in [3.8, 4) is 5.75 Å². The van der Waals surface area contributed by atoms with Crippen LogP contribution < -0.4 is 15.8 Å². The lowest BCUT2D eigenvalue weighted by atomic mass is 10.1. The summed E-state index contributed by atoms with van der Waals surface area (Å²) in [6.45, 7) is 1.99. The molecule has 0 saturated carbocycles. The van der Waals surface area contributed by atoms with E-state index >= 15 is 0 Å². The van der Waals surface area contributed by atoms with Crippen molar-refractivity contribution < 1.29 is 19.1 Å². The molecule has 9 heteroatoms. The molecule has 7 nitrogen and oxygen atoms in total. The van der Waals surface area contributed by atoms with Crippen LogP contribution in [-0.4, -0.2) is 30.2 Å². The lowest BCUT2D eigenvalue weighted by molar-refractivity contribution is 0.0515. The Morgan fingerprint density at radius 2 is 2.00 bits per heavy atom. The summed E-state index contributed by atoms with van der Waals surface area (Å²) in [7, 11) is 3.11. The standard InChI is InChI=1S/C16H18ClN3O4.ClH/c1-4-24-16(22)13-5-9(8-20(13)2)19-15(21)10-6-11(17)12(18)7-14(10)23-3;/h5-8H,4,18H2,1-3H3,(H,19,21);1H. The van der Waals surface area contributed by atoms with Crippen molar-refractivity contribution in [2.24, 2.45) is 7.05 Å². The molecule has 0 atom stereocenters. The van der Waals surface area contributed by atoms with Crippen LogP contribution in [0.25, 0.3) is 0 Å². The summed E-state index contributed by atoms with van der Waals surface area (Å²) in [5, 5.41) is 2.94. The van der Waals surface area contributed by atoms with Gasteiger partial charge in [0, 0.05) is 19.3 Å². The number of hydrogen-bond acceptors (Lipinski definition) is 5. The van der Waals surface area contributed by atoms with E-state index in [1.54, 1.807) is 24.7 Å². The van der Waals surface area contributed by atoms with Gasteiger partial charge in [-0.1, -0.05) is 11.6 Å². The van der Waals surface area contributed by atoms with Crippen molar-refractivity contribution >= 4 is 47.3 Å². The molecule has 2 aromatic rings. The Hall–Kier alpha value is -2.38. The largest absolute Gasteiger partial charge is 0.496 e. The number of esters is 1. The van der Waals surface area contributed by atoms with Crippen molar-refractivity contribution in [3.63, 3.8) is 0 Å². The summed E-state index contributed by atoms with van der Waals surface area (Å²) in [4.78, 5) is 24.3. The minimum absolute atomic E-state index is 0. The molecule has 1 aromatic carbocycles. The fourth-order valence-corrected chi connectivity index (χ4v) is 2.32. The number of benzene rings is 1. The van der Waals surface area contributed by atoms with E-state index in [9.17, 15) is 9.59 Å². The topological polar surface area (TPSA) is 95.6 Å². The van der Waals surface area contributed by atoms with E-state index in [-0.39, 0.29) is 29.6 Å². The summed E-state index contributed by atoms with van der Waals surface area (Å²) in [5.74, 6) is -0.598. The summed E-state index contributed by atoms with van der Waals surface area (Å²) in [6.07, 6.45) is 1.61. The predicted molar refractivity (Wildman–Crippen MR) is 99.0 cm³/mol. The molecule has 2 rings (SSSR count). The zero-order chi connectivity index (χ0) is 17.9. The molecule has 1 heterocycles. The number of rotatable bonds is 5. The van der Waals surface area contributed by atoms with E-state index in [2.05, 4.69) is 5.32 Å². The van der Waals surface area contributed by atoms with Crippen LogP contribution >= 0.6 is 24.0 Å². The minimum atomic E-state index is -0.464. The van der Waals surface area contributed by atoms with Gasteiger partial charge in [0.25, 0.3) is 5.91 Å². The van der Waals surface area contributed by atoms with E-state index < -0.39 is 11.9 Å². The van der Waals surface area contributed by atoms with Crippen LogP contribution in [0, 0.1) is 0 Å². The van der Waals surface area contributed by atoms with Crippen molar-refractivity contribution in [2.75, 3.05) is 24.8 Å². The van der Waals surface area contributed by atoms with Crippen molar-refractivity contribution in [2.45, 2.75) is 6.92 Å². The van der Waals surface area contributed by atoms with Gasteiger partial charge in [-0.3, -0.25) is 4.79 Å². The highest BCUT2D eigenvalue weighted by Gasteiger charge is 2.18. The molecule has 0 fully saturated rings. The molecule has 0 radical (unpaired) electrons. The number of anilines is 2. The molecule has 1 amide bonds. The number of carbonyl (C=O) groups is 2. The quantitative estimate of drug-likeness (QED) is 0.606. The summed E-state index contributed by atoms with van der Waals surface area (Å²) >= 11 is 5.97. The Kier molecular flexibility index (Phi) is 7.14. The number of nitrogens with one attached hydrogen (secondary N) is 1. The third-order valence-electron chi connectivity index (χ3n) is 3.31. The lowest BCUT2D eigenvalue weighted by Crippen LogP contribution is -2.13. The van der Waals surface area contributed by atoms with Gasteiger partial charge < -0.3 is 25.1 Å². The van der Waals surface area contributed by atoms with E-state index in [1.807, 2.05) is 0 Å². The van der Waals surface area contributed by atoms with Gasteiger partial charge in [-0.15, -0.1) is 12.4 Å². The average molecular weight is 388 g/mol. The number of ether oxygens (including phenoxy) is 2. The van der Waals surface area contributed by atoms with Crippen LogP contribution in [0.3, 0.4) is 0 Å². The van der Waals surface area contributed by atoms with Crippen molar-refractivity contribution in [1.82, 2.24) is 4.57 Å². The minimum Gasteiger partial charge on any atom is -0.496 e. The third kappa shape index (κ3) is 4.58. The molecule has 3 N–H and O–H groups in total. The third-order valence-corrected chi connectivity index (χ3v) is 3.64. The van der Waals surface area contributed by atoms with Gasteiger partial charge in [0.2, 0.25) is 0 Å². The number of nitrogens with two attached hydrogens (primary N) is 1. The molecular formula is C16H19Cl2N3O4. The Bertz CT molecular complexity index is 790. The fraction of sp³-hybridized carbons (Fsp3) is 0.250. The zero-order valence-electron chi connectivity index (χ0n) is 14.0. The maximum Gasteiger partial charge on any atom is 0.355 e. The number of carbonyl (C=O) groups excluding carboxylic acids is 2. The van der Waals surface area contributed by atoms with Gasteiger partial charge in [-0.2, -0.15) is 0 Å². The second-order valence-electron chi connectivity index (χ2n) is 4.97. The molecule has 0 aliphatic carbocycles. The molecule has 1 aromatic heterocycles. The molecule has 0 unspecified atom stereocenters. The SMILES string of the molecule is CCOC(=O)c1cc(NC(=O)c2cc(Cl)c(N)cc2OC)cn1C.Cl. The normalized spacial score (nSPS) is 9.92. The molecule has 0 saturated heterocycles. The van der Waals surface area contributed by atoms with Gasteiger partial charge in [-0.25, -0.2) is 4.79 Å². The first-order chi connectivity index (χ1) is 11.4. The number of nitrogens with zero attached hydrogens (tertiary/aromatic N) is 1. The lowest BCUT2D eigenvalue weighted by Gasteiger charge is -2.10. The average Bonchev–Trinajstić information content (AvgIpc) is 2.90. The highest BCUT2D eigenvalue weighted by Crippen LogP contribution is 2.29. The van der Waals surface area contributed by atoms with Gasteiger partial charge in [0.05, 0.1) is 35.7 Å². The van der Waals surface area contributed by atoms with Crippen LogP contribution in [0.1, 0.15) is 27.8 Å². The van der Waals surface area contributed by atoms with Crippen LogP contribution in [-0.2, 0) is 11.8 Å². The molecule has 0 spiro atoms. The summed E-state index contributed by atoms with van der Waals surface area (Å²) in [5.41, 5.74) is 7.03. The first-order valence-electron chi connectivity index (χ1n) is 7.15. The van der Waals surface area contributed by atoms with E-state index in [4.69, 9.17) is 26.8 Å². The molecule has 25 heavy (non-hydrogen) atoms. The van der Waals surface area contributed by atoms with Gasteiger partial charge in [0.1, 0.15) is 11.4 Å². The Morgan fingerprint density at radius 1 is 1.32 bits per heavy atom. The predicted octanol–water partition coefficient (Wildman–Crippen LogP) is 3.12. The van der Waals surface area contributed by atoms with Crippen molar-refractivity contribution in [1.29, 1.82) is 0 Å². The molecule has 0 aliphatic rings. The number of nitrogen functional groups attached to an aromatic ring is 1. The van der Waals surface area contributed by atoms with Crippen molar-refractivity contribution in [3.05, 3.63) is 40.7 Å². The fourth-order valence-electron chi connectivity index (χ4n) is 2.15. The van der Waals surface area contributed by atoms with Crippen LogP contribution in [0.2, 0.25) is 5.02 Å². The maximum absolute atomic E-state index is 12.5. The first kappa shape index (κ1) is 20.7. The molecule has 0 bridgehead atoms. The summed E-state index contributed by atoms with van der Waals surface area (Å²) < 4.78 is 11.7. The number of methoxy groups -OCH3 is 1. The highest BCUT2D eigenvalue weighted by atomic mass is 35.5. The highest BCUT2D eigenvalue weighted by molar-refractivity contribution is 6.33. The van der Waals surface area contributed by atoms with Gasteiger partial charge >= 0.3 is 5.97 Å².